The number of ether oxygens (including phenoxy) is 2. The number of piperazine rings is 1. The Kier molecular flexibility index (Phi) is 7.30. The molecule has 160 valence electrons. The molecule has 3 rings (SSSR count). The summed E-state index contributed by atoms with van der Waals surface area (Å²) >= 11 is 0. The summed E-state index contributed by atoms with van der Waals surface area (Å²) in [6.07, 6.45) is -0.550. The van der Waals surface area contributed by atoms with Gasteiger partial charge in [-0.3, -0.25) is 10.2 Å². The minimum absolute atomic E-state index is 0.282. The van der Waals surface area contributed by atoms with E-state index in [-0.39, 0.29) is 6.61 Å². The molecule has 1 amide bonds. The second kappa shape index (κ2) is 10.1. The number of nitrogens with one attached hydrogen (secondary N) is 1. The van der Waals surface area contributed by atoms with E-state index in [0.29, 0.717) is 23.0 Å². The molecule has 0 aromatic heterocycles. The lowest BCUT2D eigenvalue weighted by Crippen LogP contribution is -2.48. The topological polar surface area (TPSA) is 71.1 Å². The van der Waals surface area contributed by atoms with Gasteiger partial charge in [0.25, 0.3) is 0 Å². The van der Waals surface area contributed by atoms with E-state index >= 15 is 0 Å². The summed E-state index contributed by atoms with van der Waals surface area (Å²) in [6.45, 7) is 10.5. The number of hydrogen-bond donors (Lipinski definition) is 1. The first kappa shape index (κ1) is 21.6. The van der Waals surface area contributed by atoms with Gasteiger partial charge in [-0.15, -0.1) is 0 Å². The summed E-state index contributed by atoms with van der Waals surface area (Å²) < 4.78 is 10.3. The zero-order chi connectivity index (χ0) is 21.5. The van der Waals surface area contributed by atoms with E-state index in [4.69, 9.17) is 9.47 Å². The Morgan fingerprint density at radius 1 is 1.03 bits per heavy atom. The predicted molar refractivity (Wildman–Crippen MR) is 117 cm³/mol. The summed E-state index contributed by atoms with van der Waals surface area (Å²) in [6, 6.07) is 14.7. The van der Waals surface area contributed by atoms with E-state index in [1.165, 1.54) is 0 Å². The molecule has 1 fully saturated rings. The maximum Gasteiger partial charge on any atom is 0.411 e. The normalized spacial score (nSPS) is 14.5. The van der Waals surface area contributed by atoms with Crippen LogP contribution in [0.2, 0.25) is 0 Å². The second-order valence-corrected chi connectivity index (χ2v) is 7.43. The van der Waals surface area contributed by atoms with Crippen molar-refractivity contribution < 1.29 is 19.1 Å². The second-order valence-electron chi connectivity index (χ2n) is 7.43. The third-order valence-corrected chi connectivity index (χ3v) is 5.08. The molecule has 2 aromatic rings. The average molecular weight is 412 g/mol. The molecule has 0 bridgehead atoms. The zero-order valence-electron chi connectivity index (χ0n) is 17.8. The molecule has 1 heterocycles. The number of hydrogen-bond acceptors (Lipinski definition) is 6. The van der Waals surface area contributed by atoms with Crippen LogP contribution in [0.3, 0.4) is 0 Å². The van der Waals surface area contributed by atoms with E-state index in [1.54, 1.807) is 43.3 Å². The number of benzene rings is 2. The molecule has 7 heteroatoms. The first-order valence-electron chi connectivity index (χ1n) is 10.3. The molecule has 7 nitrogen and oxygen atoms in total. The van der Waals surface area contributed by atoms with Crippen molar-refractivity contribution >= 4 is 23.4 Å². The number of carbonyl (C=O) groups excluding carboxylic acids is 2. The van der Waals surface area contributed by atoms with Gasteiger partial charge in [0.1, 0.15) is 5.75 Å². The fourth-order valence-electron chi connectivity index (χ4n) is 3.39. The van der Waals surface area contributed by atoms with Gasteiger partial charge in [-0.05, 0) is 57.2 Å². The van der Waals surface area contributed by atoms with Crippen molar-refractivity contribution in [3.63, 3.8) is 0 Å². The fourth-order valence-corrected chi connectivity index (χ4v) is 3.39. The van der Waals surface area contributed by atoms with Gasteiger partial charge >= 0.3 is 12.1 Å². The summed E-state index contributed by atoms with van der Waals surface area (Å²) in [5.74, 6) is -0.0948. The van der Waals surface area contributed by atoms with Crippen LogP contribution in [0.5, 0.6) is 5.75 Å². The van der Waals surface area contributed by atoms with Crippen LogP contribution in [0.1, 0.15) is 31.1 Å². The van der Waals surface area contributed by atoms with Gasteiger partial charge in [-0.25, -0.2) is 9.59 Å². The van der Waals surface area contributed by atoms with Crippen LogP contribution in [0.15, 0.2) is 48.5 Å². The van der Waals surface area contributed by atoms with Crippen LogP contribution in [-0.2, 0) is 4.74 Å². The van der Waals surface area contributed by atoms with Crippen LogP contribution in [0.4, 0.5) is 16.2 Å². The predicted octanol–water partition coefficient (Wildman–Crippen LogP) is 4.00. The van der Waals surface area contributed by atoms with Gasteiger partial charge < -0.3 is 14.4 Å². The van der Waals surface area contributed by atoms with E-state index in [2.05, 4.69) is 29.0 Å². The van der Waals surface area contributed by atoms with E-state index in [9.17, 15) is 9.59 Å². The Bertz CT molecular complexity index is 859. The zero-order valence-corrected chi connectivity index (χ0v) is 17.8. The standard InChI is InChI=1S/C23H29N3O4/c1-4-29-23(28)24-19-6-5-7-21(16-19)30-22(27)18-8-10-20(11-9-18)26-14-12-25(13-15-26)17(2)3/h5-11,16-17H,4,12-15H2,1-3H3,(H,24,28). The highest BCUT2D eigenvalue weighted by molar-refractivity contribution is 5.92. The smallest absolute Gasteiger partial charge is 0.411 e. The van der Waals surface area contributed by atoms with Crippen molar-refractivity contribution in [3.05, 3.63) is 54.1 Å². The Hall–Kier alpha value is -3.06. The minimum atomic E-state index is -0.550. The summed E-state index contributed by atoms with van der Waals surface area (Å²) in [7, 11) is 0. The summed E-state index contributed by atoms with van der Waals surface area (Å²) in [5.41, 5.74) is 2.08. The lowest BCUT2D eigenvalue weighted by atomic mass is 10.1. The van der Waals surface area contributed by atoms with Gasteiger partial charge in [0.05, 0.1) is 12.2 Å². The third kappa shape index (κ3) is 5.73. The molecule has 30 heavy (non-hydrogen) atoms. The van der Waals surface area contributed by atoms with Crippen LogP contribution in [0.25, 0.3) is 0 Å². The van der Waals surface area contributed by atoms with E-state index < -0.39 is 12.1 Å². The maximum absolute atomic E-state index is 12.5. The van der Waals surface area contributed by atoms with E-state index in [1.807, 2.05) is 12.1 Å². The molecule has 0 radical (unpaired) electrons. The van der Waals surface area contributed by atoms with E-state index in [0.717, 1.165) is 31.9 Å². The largest absolute Gasteiger partial charge is 0.450 e. The molecule has 0 saturated carbocycles. The van der Waals surface area contributed by atoms with Crippen molar-refractivity contribution in [2.75, 3.05) is 43.0 Å². The van der Waals surface area contributed by atoms with Crippen molar-refractivity contribution in [2.45, 2.75) is 26.8 Å². The molecule has 0 unspecified atom stereocenters. The molecule has 2 aromatic carbocycles. The Balaban J connectivity index is 1.58. The minimum Gasteiger partial charge on any atom is -0.450 e. The van der Waals surface area contributed by atoms with Crippen LogP contribution < -0.4 is 15.0 Å². The molecular formula is C23H29N3O4. The fraction of sp³-hybridized carbons (Fsp3) is 0.391. The number of nitrogens with zero attached hydrogens (tertiary/aromatic N) is 2. The lowest BCUT2D eigenvalue weighted by Gasteiger charge is -2.38. The average Bonchev–Trinajstić information content (AvgIpc) is 2.74. The number of rotatable bonds is 6. The number of esters is 1. The Labute approximate surface area is 177 Å². The molecule has 1 aliphatic heterocycles. The van der Waals surface area contributed by atoms with Gasteiger partial charge in [-0.2, -0.15) is 0 Å². The monoisotopic (exact) mass is 411 g/mol. The maximum atomic E-state index is 12.5. The highest BCUT2D eigenvalue weighted by Gasteiger charge is 2.19. The van der Waals surface area contributed by atoms with Crippen molar-refractivity contribution in [1.82, 2.24) is 4.90 Å². The highest BCUT2D eigenvalue weighted by atomic mass is 16.5. The number of anilines is 2. The molecule has 0 aliphatic carbocycles. The Morgan fingerprint density at radius 2 is 1.73 bits per heavy atom. The lowest BCUT2D eigenvalue weighted by molar-refractivity contribution is 0.0735. The quantitative estimate of drug-likeness (QED) is 0.572. The summed E-state index contributed by atoms with van der Waals surface area (Å²) in [5, 5.41) is 2.59. The number of amides is 1. The van der Waals surface area contributed by atoms with Gasteiger partial charge in [-0.1, -0.05) is 6.07 Å². The first-order valence-corrected chi connectivity index (χ1v) is 10.3. The molecule has 1 aliphatic rings. The molecule has 0 spiro atoms. The van der Waals surface area contributed by atoms with Crippen LogP contribution >= 0.6 is 0 Å². The van der Waals surface area contributed by atoms with Gasteiger partial charge in [0, 0.05) is 49.7 Å². The molecule has 0 atom stereocenters. The Morgan fingerprint density at radius 3 is 2.37 bits per heavy atom. The van der Waals surface area contributed by atoms with Gasteiger partial charge in [0.2, 0.25) is 0 Å². The molecule has 1 saturated heterocycles. The van der Waals surface area contributed by atoms with Crippen molar-refractivity contribution in [3.8, 4) is 5.75 Å². The van der Waals surface area contributed by atoms with Crippen molar-refractivity contribution in [1.29, 1.82) is 0 Å². The van der Waals surface area contributed by atoms with Crippen molar-refractivity contribution in [2.24, 2.45) is 0 Å². The number of carbonyl (C=O) groups is 2. The highest BCUT2D eigenvalue weighted by Crippen LogP contribution is 2.21. The summed E-state index contributed by atoms with van der Waals surface area (Å²) in [4.78, 5) is 28.8. The van der Waals surface area contributed by atoms with Crippen LogP contribution in [0, 0.1) is 0 Å². The van der Waals surface area contributed by atoms with Gasteiger partial charge in [0.15, 0.2) is 0 Å². The third-order valence-electron chi connectivity index (χ3n) is 5.08. The molecular weight excluding hydrogens is 382 g/mol. The van der Waals surface area contributed by atoms with Crippen LogP contribution in [-0.4, -0.2) is 55.8 Å². The first-order chi connectivity index (χ1) is 14.5. The SMILES string of the molecule is CCOC(=O)Nc1cccc(OC(=O)c2ccc(N3CCN(C(C)C)CC3)cc2)c1. The molecule has 1 N–H and O–H groups in total.